The van der Waals surface area contributed by atoms with Crippen molar-refractivity contribution in [2.45, 2.75) is 6.92 Å². The molecule has 3 heterocycles. The summed E-state index contributed by atoms with van der Waals surface area (Å²) < 4.78 is 0. The van der Waals surface area contributed by atoms with Crippen LogP contribution >= 0.6 is 0 Å². The lowest BCUT2D eigenvalue weighted by atomic mass is 9.99. The van der Waals surface area contributed by atoms with Crippen molar-refractivity contribution < 1.29 is 0 Å². The minimum Gasteiger partial charge on any atom is -0.245 e. The molecule has 3 aromatic heterocycles. The highest BCUT2D eigenvalue weighted by molar-refractivity contribution is 6.05. The molecule has 0 bridgehead atoms. The second-order valence-electron chi connectivity index (χ2n) is 14.3. The number of aromatic nitrogens is 4. The van der Waals surface area contributed by atoms with Gasteiger partial charge in [0.2, 0.25) is 0 Å². The predicted molar refractivity (Wildman–Crippen MR) is 235 cm³/mol. The van der Waals surface area contributed by atoms with Gasteiger partial charge in [-0.3, -0.25) is 0 Å². The van der Waals surface area contributed by atoms with Gasteiger partial charge in [-0.1, -0.05) is 182 Å². The lowest BCUT2D eigenvalue weighted by molar-refractivity contribution is 1.18. The molecule has 0 amide bonds. The van der Waals surface area contributed by atoms with Crippen molar-refractivity contribution in [3.63, 3.8) is 0 Å². The van der Waals surface area contributed by atoms with Crippen LogP contribution in [0.25, 0.3) is 100 Å². The highest BCUT2D eigenvalue weighted by atomic mass is 14.9. The van der Waals surface area contributed by atoms with Gasteiger partial charge in [-0.15, -0.1) is 0 Å². The first kappa shape index (κ1) is 34.0. The number of fused-ring (bicyclic) bond motifs is 3. The van der Waals surface area contributed by atoms with Crippen LogP contribution in [0.4, 0.5) is 0 Å². The first-order valence-corrected chi connectivity index (χ1v) is 19.2. The van der Waals surface area contributed by atoms with Crippen molar-refractivity contribution in [3.05, 3.63) is 206 Å². The van der Waals surface area contributed by atoms with Crippen LogP contribution in [0, 0.1) is 6.92 Å². The summed E-state index contributed by atoms with van der Waals surface area (Å²) in [7, 11) is 0. The Bertz CT molecular complexity index is 3020. The van der Waals surface area contributed by atoms with Crippen molar-refractivity contribution in [2.24, 2.45) is 0 Å². The molecule has 0 radical (unpaired) electrons. The van der Waals surface area contributed by atoms with E-state index in [1.54, 1.807) is 0 Å². The first-order chi connectivity index (χ1) is 28.1. The molecule has 4 nitrogen and oxygen atoms in total. The van der Waals surface area contributed by atoms with Crippen molar-refractivity contribution >= 4 is 21.8 Å². The smallest absolute Gasteiger partial charge is 0.160 e. The largest absolute Gasteiger partial charge is 0.245 e. The maximum atomic E-state index is 5.22. The summed E-state index contributed by atoms with van der Waals surface area (Å²) in [5.74, 6) is 0.698. The Kier molecular flexibility index (Phi) is 8.69. The van der Waals surface area contributed by atoms with E-state index in [0.717, 1.165) is 89.1 Å². The van der Waals surface area contributed by atoms with Gasteiger partial charge in [-0.05, 0) is 52.9 Å². The SMILES string of the molecule is Cc1cc(-c2ccc(-c3ccc(-c4cc(-c5ccccc5)nc(-c5ccc(-c6ccccc6)cc5)n4)cc3)cc2)nc2c1ccc1ccc(-c3ccccc3)nc12. The van der Waals surface area contributed by atoms with Crippen LogP contribution in [0.1, 0.15) is 5.56 Å². The van der Waals surface area contributed by atoms with Crippen molar-refractivity contribution in [3.8, 4) is 78.7 Å². The van der Waals surface area contributed by atoms with Crippen molar-refractivity contribution in [1.82, 2.24) is 19.9 Å². The Morgan fingerprint density at radius 2 is 0.667 bits per heavy atom. The number of pyridine rings is 2. The lowest BCUT2D eigenvalue weighted by Gasteiger charge is -2.11. The molecule has 0 unspecified atom stereocenters. The Morgan fingerprint density at radius 1 is 0.281 bits per heavy atom. The fraction of sp³-hybridized carbons (Fsp3) is 0.0189. The van der Waals surface area contributed by atoms with Crippen LogP contribution < -0.4 is 0 Å². The zero-order valence-electron chi connectivity index (χ0n) is 31.3. The molecule has 268 valence electrons. The Hall–Kier alpha value is -7.56. The quantitative estimate of drug-likeness (QED) is 0.153. The summed E-state index contributed by atoms with van der Waals surface area (Å²) in [5, 5.41) is 2.20. The van der Waals surface area contributed by atoms with Gasteiger partial charge in [0.05, 0.1) is 33.8 Å². The number of aryl methyl sites for hydroxylation is 1. The summed E-state index contributed by atoms with van der Waals surface area (Å²) >= 11 is 0. The maximum Gasteiger partial charge on any atom is 0.160 e. The summed E-state index contributed by atoms with van der Waals surface area (Å²) in [4.78, 5) is 20.5. The molecule has 10 aromatic rings. The number of hydrogen-bond acceptors (Lipinski definition) is 4. The Morgan fingerprint density at radius 3 is 1.21 bits per heavy atom. The van der Waals surface area contributed by atoms with Crippen LogP contribution in [0.3, 0.4) is 0 Å². The fourth-order valence-corrected chi connectivity index (χ4v) is 7.55. The van der Waals surface area contributed by atoms with Gasteiger partial charge in [0, 0.05) is 38.6 Å². The molecular weight excluding hydrogens is 693 g/mol. The summed E-state index contributed by atoms with van der Waals surface area (Å²) in [6, 6.07) is 69.7. The molecule has 0 aliphatic carbocycles. The average molecular weight is 729 g/mol. The van der Waals surface area contributed by atoms with Crippen LogP contribution in [0.15, 0.2) is 200 Å². The number of rotatable bonds is 7. The Balaban J connectivity index is 0.956. The Labute approximate surface area is 331 Å². The third kappa shape index (κ3) is 6.75. The molecule has 7 aromatic carbocycles. The van der Waals surface area contributed by atoms with Crippen LogP contribution in [-0.4, -0.2) is 19.9 Å². The van der Waals surface area contributed by atoms with E-state index in [-0.39, 0.29) is 0 Å². The fourth-order valence-electron chi connectivity index (χ4n) is 7.55. The summed E-state index contributed by atoms with van der Waals surface area (Å²) in [5.41, 5.74) is 16.5. The highest BCUT2D eigenvalue weighted by Gasteiger charge is 2.14. The van der Waals surface area contributed by atoms with Gasteiger partial charge in [-0.2, -0.15) is 0 Å². The molecule has 0 atom stereocenters. The van der Waals surface area contributed by atoms with Gasteiger partial charge in [0.15, 0.2) is 5.82 Å². The van der Waals surface area contributed by atoms with E-state index >= 15 is 0 Å². The zero-order chi connectivity index (χ0) is 38.1. The first-order valence-electron chi connectivity index (χ1n) is 19.2. The number of benzene rings is 7. The second-order valence-corrected chi connectivity index (χ2v) is 14.3. The van der Waals surface area contributed by atoms with Crippen LogP contribution in [-0.2, 0) is 0 Å². The molecular formula is C53H36N4. The predicted octanol–water partition coefficient (Wildman–Crippen LogP) is 13.6. The van der Waals surface area contributed by atoms with Crippen LogP contribution in [0.2, 0.25) is 0 Å². The molecule has 10 rings (SSSR count). The van der Waals surface area contributed by atoms with Crippen LogP contribution in [0.5, 0.6) is 0 Å². The lowest BCUT2D eigenvalue weighted by Crippen LogP contribution is -1.96. The van der Waals surface area contributed by atoms with Gasteiger partial charge in [0.1, 0.15) is 0 Å². The summed E-state index contributed by atoms with van der Waals surface area (Å²) in [6.45, 7) is 2.15. The molecule has 57 heavy (non-hydrogen) atoms. The summed E-state index contributed by atoms with van der Waals surface area (Å²) in [6.07, 6.45) is 0. The van der Waals surface area contributed by atoms with E-state index < -0.39 is 0 Å². The second kappa shape index (κ2) is 14.6. The molecule has 0 aliphatic heterocycles. The zero-order valence-corrected chi connectivity index (χ0v) is 31.3. The van der Waals surface area contributed by atoms with Gasteiger partial charge < -0.3 is 0 Å². The van der Waals surface area contributed by atoms with Gasteiger partial charge in [-0.25, -0.2) is 19.9 Å². The molecule has 0 spiro atoms. The standard InChI is InChI=1S/C53H36N4/c1-35-33-48(55-52-46(35)31-29-44-30-32-47(54-51(44)52)40-13-7-3-8-14-40)42-23-17-38(18-24-42)39-19-25-43(26-20-39)50-34-49(41-15-9-4-10-16-41)56-53(57-50)45-27-21-37(22-28-45)36-11-5-2-6-12-36/h2-34H,1H3. The number of hydrogen-bond donors (Lipinski definition) is 0. The highest BCUT2D eigenvalue weighted by Crippen LogP contribution is 2.34. The monoisotopic (exact) mass is 728 g/mol. The molecule has 0 fully saturated rings. The van der Waals surface area contributed by atoms with Gasteiger partial charge in [0.25, 0.3) is 0 Å². The van der Waals surface area contributed by atoms with Crippen molar-refractivity contribution in [1.29, 1.82) is 0 Å². The topological polar surface area (TPSA) is 51.6 Å². The van der Waals surface area contributed by atoms with E-state index in [9.17, 15) is 0 Å². The normalized spacial score (nSPS) is 11.2. The van der Waals surface area contributed by atoms with Gasteiger partial charge >= 0.3 is 0 Å². The van der Waals surface area contributed by atoms with E-state index in [0.29, 0.717) is 5.82 Å². The molecule has 4 heteroatoms. The average Bonchev–Trinajstić information content (AvgIpc) is 3.29. The molecule has 0 N–H and O–H groups in total. The van der Waals surface area contributed by atoms with E-state index in [1.807, 2.05) is 42.5 Å². The minimum atomic E-state index is 0.698. The van der Waals surface area contributed by atoms with E-state index in [2.05, 4.69) is 165 Å². The number of nitrogens with zero attached hydrogens (tertiary/aromatic N) is 4. The molecule has 0 saturated heterocycles. The maximum absolute atomic E-state index is 5.22. The third-order valence-electron chi connectivity index (χ3n) is 10.7. The van der Waals surface area contributed by atoms with E-state index in [1.165, 1.54) is 11.1 Å². The molecule has 0 aliphatic rings. The minimum absolute atomic E-state index is 0.698. The van der Waals surface area contributed by atoms with Crippen molar-refractivity contribution in [2.75, 3.05) is 0 Å². The third-order valence-corrected chi connectivity index (χ3v) is 10.7. The molecule has 0 saturated carbocycles. The van der Waals surface area contributed by atoms with E-state index in [4.69, 9.17) is 19.9 Å².